The van der Waals surface area contributed by atoms with Gasteiger partial charge in [-0.05, 0) is 34.5 Å². The van der Waals surface area contributed by atoms with Crippen molar-refractivity contribution >= 4 is 27.5 Å². The van der Waals surface area contributed by atoms with Crippen LogP contribution in [0.1, 0.15) is 18.9 Å². The maximum absolute atomic E-state index is 11.9. The molecule has 0 bridgehead atoms. The number of aromatic nitrogens is 2. The van der Waals surface area contributed by atoms with Gasteiger partial charge in [0.2, 0.25) is 5.88 Å². The number of halogens is 2. The standard InChI is InChI=1S/C13H12BrClN2O2/c1-2-3-8-12(18)16-11(17-13(8)19)7-4-5-9(14)10(15)6-7/h4-6H,2-3H2,1H3,(H2,16,17,18,19). The van der Waals surface area contributed by atoms with Gasteiger partial charge in [0.25, 0.3) is 5.56 Å². The molecule has 19 heavy (non-hydrogen) atoms. The zero-order valence-electron chi connectivity index (χ0n) is 10.2. The van der Waals surface area contributed by atoms with E-state index in [0.29, 0.717) is 28.4 Å². The molecule has 0 aliphatic heterocycles. The molecule has 0 fully saturated rings. The van der Waals surface area contributed by atoms with E-state index in [9.17, 15) is 9.90 Å². The highest BCUT2D eigenvalue weighted by Gasteiger charge is 2.11. The zero-order valence-corrected chi connectivity index (χ0v) is 12.5. The molecular formula is C13H12BrClN2O2. The van der Waals surface area contributed by atoms with Crippen molar-refractivity contribution in [2.24, 2.45) is 0 Å². The molecule has 2 N–H and O–H groups in total. The Kier molecular flexibility index (Phi) is 4.27. The van der Waals surface area contributed by atoms with Crippen LogP contribution in [0.15, 0.2) is 27.5 Å². The Morgan fingerprint density at radius 1 is 1.47 bits per heavy atom. The van der Waals surface area contributed by atoms with E-state index < -0.39 is 0 Å². The predicted molar refractivity (Wildman–Crippen MR) is 78.7 cm³/mol. The Balaban J connectivity index is 2.52. The number of aromatic amines is 1. The number of nitrogens with one attached hydrogen (secondary N) is 1. The Hall–Kier alpha value is -1.33. The normalized spacial score (nSPS) is 10.7. The van der Waals surface area contributed by atoms with Crippen LogP contribution in [-0.2, 0) is 6.42 Å². The van der Waals surface area contributed by atoms with Crippen LogP contribution < -0.4 is 5.56 Å². The third-order valence-corrected chi connectivity index (χ3v) is 3.92. The molecule has 2 rings (SSSR count). The summed E-state index contributed by atoms with van der Waals surface area (Å²) in [6.07, 6.45) is 1.26. The average Bonchev–Trinajstić information content (AvgIpc) is 2.37. The SMILES string of the molecule is CCCc1c(O)nc(-c2ccc(Br)c(Cl)c2)[nH]c1=O. The van der Waals surface area contributed by atoms with Crippen LogP contribution in [0.2, 0.25) is 5.02 Å². The van der Waals surface area contributed by atoms with Gasteiger partial charge in [0.05, 0.1) is 10.6 Å². The molecule has 0 saturated carbocycles. The fourth-order valence-electron chi connectivity index (χ4n) is 1.74. The second kappa shape index (κ2) is 5.75. The molecule has 100 valence electrons. The minimum Gasteiger partial charge on any atom is -0.493 e. The first-order valence-electron chi connectivity index (χ1n) is 5.80. The van der Waals surface area contributed by atoms with Gasteiger partial charge < -0.3 is 10.1 Å². The van der Waals surface area contributed by atoms with Crippen LogP contribution in [0.5, 0.6) is 5.88 Å². The van der Waals surface area contributed by atoms with Gasteiger partial charge in [-0.25, -0.2) is 0 Å². The molecule has 0 amide bonds. The highest BCUT2D eigenvalue weighted by molar-refractivity contribution is 9.10. The summed E-state index contributed by atoms with van der Waals surface area (Å²) in [6.45, 7) is 1.93. The fraction of sp³-hybridized carbons (Fsp3) is 0.231. The van der Waals surface area contributed by atoms with Crippen LogP contribution in [0.25, 0.3) is 11.4 Å². The lowest BCUT2D eigenvalue weighted by Gasteiger charge is -2.06. The van der Waals surface area contributed by atoms with Crippen molar-refractivity contribution in [2.75, 3.05) is 0 Å². The number of benzene rings is 1. The van der Waals surface area contributed by atoms with E-state index in [2.05, 4.69) is 25.9 Å². The first kappa shape index (κ1) is 14.1. The minimum atomic E-state index is -0.316. The molecule has 0 spiro atoms. The highest BCUT2D eigenvalue weighted by atomic mass is 79.9. The number of hydrogen-bond donors (Lipinski definition) is 2. The molecule has 0 aliphatic rings. The number of nitrogens with zero attached hydrogens (tertiary/aromatic N) is 1. The minimum absolute atomic E-state index is 0.223. The van der Waals surface area contributed by atoms with Crippen molar-refractivity contribution in [2.45, 2.75) is 19.8 Å². The Morgan fingerprint density at radius 2 is 2.21 bits per heavy atom. The summed E-state index contributed by atoms with van der Waals surface area (Å²) in [5.74, 6) is 0.0800. The number of aromatic hydroxyl groups is 1. The monoisotopic (exact) mass is 342 g/mol. The van der Waals surface area contributed by atoms with Gasteiger partial charge in [-0.3, -0.25) is 4.79 Å². The molecule has 0 aliphatic carbocycles. The molecule has 1 aromatic carbocycles. The maximum Gasteiger partial charge on any atom is 0.258 e. The fourth-order valence-corrected chi connectivity index (χ4v) is 2.17. The van der Waals surface area contributed by atoms with Crippen molar-refractivity contribution < 1.29 is 5.11 Å². The van der Waals surface area contributed by atoms with E-state index in [-0.39, 0.29) is 11.4 Å². The van der Waals surface area contributed by atoms with E-state index >= 15 is 0 Å². The first-order chi connectivity index (χ1) is 9.02. The average molecular weight is 344 g/mol. The molecule has 0 unspecified atom stereocenters. The van der Waals surface area contributed by atoms with Gasteiger partial charge >= 0.3 is 0 Å². The summed E-state index contributed by atoms with van der Waals surface area (Å²) >= 11 is 9.28. The third-order valence-electron chi connectivity index (χ3n) is 2.69. The lowest BCUT2D eigenvalue weighted by molar-refractivity contribution is 0.443. The zero-order chi connectivity index (χ0) is 14.0. The number of rotatable bonds is 3. The van der Waals surface area contributed by atoms with Gasteiger partial charge in [-0.15, -0.1) is 0 Å². The Labute approximate surface area is 123 Å². The first-order valence-corrected chi connectivity index (χ1v) is 6.97. The molecule has 0 saturated heterocycles. The van der Waals surface area contributed by atoms with Crippen molar-refractivity contribution in [3.63, 3.8) is 0 Å². The van der Waals surface area contributed by atoms with E-state index in [4.69, 9.17) is 11.6 Å². The molecule has 1 heterocycles. The summed E-state index contributed by atoms with van der Waals surface area (Å²) in [4.78, 5) is 18.6. The molecule has 4 nitrogen and oxygen atoms in total. The van der Waals surface area contributed by atoms with E-state index in [1.165, 1.54) is 0 Å². The summed E-state index contributed by atoms with van der Waals surface area (Å²) in [5, 5.41) is 10.3. The second-order valence-corrected chi connectivity index (χ2v) is 5.36. The summed E-state index contributed by atoms with van der Waals surface area (Å²) in [5.41, 5.74) is 0.640. The maximum atomic E-state index is 11.9. The van der Waals surface area contributed by atoms with E-state index in [0.717, 1.165) is 10.9 Å². The molecule has 1 aromatic heterocycles. The van der Waals surface area contributed by atoms with Crippen LogP contribution in [0.3, 0.4) is 0 Å². The van der Waals surface area contributed by atoms with Crippen molar-refractivity contribution in [3.05, 3.63) is 43.6 Å². The predicted octanol–water partition coefficient (Wildman–Crippen LogP) is 3.51. The van der Waals surface area contributed by atoms with Gasteiger partial charge in [0, 0.05) is 10.0 Å². The molecule has 2 aromatic rings. The lowest BCUT2D eigenvalue weighted by atomic mass is 10.1. The van der Waals surface area contributed by atoms with Gasteiger partial charge in [-0.1, -0.05) is 31.0 Å². The van der Waals surface area contributed by atoms with Gasteiger partial charge in [0.1, 0.15) is 5.82 Å². The van der Waals surface area contributed by atoms with Crippen LogP contribution >= 0.6 is 27.5 Å². The quantitative estimate of drug-likeness (QED) is 0.896. The number of H-pyrrole nitrogens is 1. The van der Waals surface area contributed by atoms with Gasteiger partial charge in [-0.2, -0.15) is 4.98 Å². The van der Waals surface area contributed by atoms with Crippen LogP contribution in [-0.4, -0.2) is 15.1 Å². The smallest absolute Gasteiger partial charge is 0.258 e. The largest absolute Gasteiger partial charge is 0.493 e. The number of hydrogen-bond acceptors (Lipinski definition) is 3. The van der Waals surface area contributed by atoms with Crippen molar-refractivity contribution in [1.29, 1.82) is 0 Å². The van der Waals surface area contributed by atoms with E-state index in [1.807, 2.05) is 6.92 Å². The topological polar surface area (TPSA) is 66.0 Å². The Bertz CT molecular complexity index is 670. The molecule has 6 heteroatoms. The van der Waals surface area contributed by atoms with Crippen molar-refractivity contribution in [3.8, 4) is 17.3 Å². The summed E-state index contributed by atoms with van der Waals surface area (Å²) in [7, 11) is 0. The van der Waals surface area contributed by atoms with Crippen molar-refractivity contribution in [1.82, 2.24) is 9.97 Å². The van der Waals surface area contributed by atoms with E-state index in [1.54, 1.807) is 18.2 Å². The molecule has 0 atom stereocenters. The van der Waals surface area contributed by atoms with Gasteiger partial charge in [0.15, 0.2) is 0 Å². The van der Waals surface area contributed by atoms with Crippen LogP contribution in [0, 0.1) is 0 Å². The molecular weight excluding hydrogens is 332 g/mol. The summed E-state index contributed by atoms with van der Waals surface area (Å²) in [6, 6.07) is 5.19. The summed E-state index contributed by atoms with van der Waals surface area (Å²) < 4.78 is 0.757. The van der Waals surface area contributed by atoms with Crippen LogP contribution in [0.4, 0.5) is 0 Å². The molecule has 0 radical (unpaired) electrons. The lowest BCUT2D eigenvalue weighted by Crippen LogP contribution is -2.15. The third kappa shape index (κ3) is 2.98. The highest BCUT2D eigenvalue weighted by Crippen LogP contribution is 2.27. The Morgan fingerprint density at radius 3 is 2.79 bits per heavy atom. The second-order valence-electron chi connectivity index (χ2n) is 4.10.